The van der Waals surface area contributed by atoms with Crippen molar-refractivity contribution in [2.75, 3.05) is 19.7 Å². The van der Waals surface area contributed by atoms with E-state index in [0.717, 1.165) is 30.7 Å². The lowest BCUT2D eigenvalue weighted by atomic mass is 10.1. The van der Waals surface area contributed by atoms with Gasteiger partial charge in [0.1, 0.15) is 12.6 Å². The van der Waals surface area contributed by atoms with E-state index in [0.29, 0.717) is 13.1 Å². The van der Waals surface area contributed by atoms with Gasteiger partial charge in [-0.15, -0.1) is 0 Å². The first kappa shape index (κ1) is 11.9. The summed E-state index contributed by atoms with van der Waals surface area (Å²) in [4.78, 5) is 0. The number of ether oxygens (including phenoxy) is 1. The number of benzene rings is 1. The minimum absolute atomic E-state index is 0.0705. The predicted octanol–water partition coefficient (Wildman–Crippen LogP) is 2.20. The van der Waals surface area contributed by atoms with Crippen LogP contribution in [0.25, 0.3) is 6.08 Å². The fourth-order valence-corrected chi connectivity index (χ4v) is 2.67. The minimum atomic E-state index is -0.492. The zero-order valence-corrected chi connectivity index (χ0v) is 10.3. The van der Waals surface area contributed by atoms with Gasteiger partial charge in [-0.3, -0.25) is 0 Å². The van der Waals surface area contributed by atoms with Gasteiger partial charge in [0.15, 0.2) is 5.69 Å². The Balaban J connectivity index is 1.91. The maximum absolute atomic E-state index is 13.0. The molecule has 2 atom stereocenters. The van der Waals surface area contributed by atoms with Gasteiger partial charge in [0, 0.05) is 18.2 Å². The number of rotatable bonds is 2. The predicted molar refractivity (Wildman–Crippen MR) is 72.5 cm³/mol. The van der Waals surface area contributed by atoms with Crippen LogP contribution in [0.5, 0.6) is 0 Å². The molecule has 18 heavy (non-hydrogen) atoms. The summed E-state index contributed by atoms with van der Waals surface area (Å²) in [7, 11) is 0. The number of nitrogens with one attached hydrogen (secondary N) is 1. The van der Waals surface area contributed by atoms with E-state index in [1.807, 2.05) is 36.4 Å². The topological polar surface area (TPSA) is 44.3 Å². The number of hydrogen-bond acceptors (Lipinski definition) is 3. The highest BCUT2D eigenvalue weighted by molar-refractivity contribution is 5.67. The van der Waals surface area contributed by atoms with Crippen molar-refractivity contribution < 1.29 is 4.74 Å². The van der Waals surface area contributed by atoms with Gasteiger partial charge >= 0.3 is 0 Å². The molecule has 0 saturated carbocycles. The number of hydrogen-bond donors (Lipinski definition) is 1. The second-order valence-corrected chi connectivity index (χ2v) is 4.88. The third-order valence-electron chi connectivity index (χ3n) is 3.57. The van der Waals surface area contributed by atoms with E-state index in [1.165, 1.54) is 0 Å². The zero-order chi connectivity index (χ0) is 12.4. The van der Waals surface area contributed by atoms with E-state index in [1.54, 1.807) is 0 Å². The van der Waals surface area contributed by atoms with Crippen molar-refractivity contribution in [1.29, 1.82) is 0 Å². The van der Waals surface area contributed by atoms with Gasteiger partial charge in [-0.25, -0.2) is 4.76 Å². The minimum Gasteiger partial charge on any atom is -0.606 e. The summed E-state index contributed by atoms with van der Waals surface area (Å²) in [6.07, 6.45) is 6.12. The van der Waals surface area contributed by atoms with Gasteiger partial charge in [-0.2, -0.15) is 5.43 Å². The molecule has 2 aliphatic rings. The molecule has 0 amide bonds. The lowest BCUT2D eigenvalue weighted by molar-refractivity contribution is 0.0765. The van der Waals surface area contributed by atoms with Gasteiger partial charge in [0.05, 0.1) is 6.54 Å². The van der Waals surface area contributed by atoms with Gasteiger partial charge in [-0.1, -0.05) is 24.3 Å². The molecule has 1 N–H and O–H groups in total. The van der Waals surface area contributed by atoms with Crippen LogP contribution in [0, 0.1) is 5.21 Å². The fraction of sp³-hybridized carbons (Fsp3) is 0.429. The molecule has 2 heterocycles. The van der Waals surface area contributed by atoms with E-state index in [-0.39, 0.29) is 6.10 Å². The summed E-state index contributed by atoms with van der Waals surface area (Å²) in [5, 5.41) is 13.0. The molecule has 4 heteroatoms. The van der Waals surface area contributed by atoms with Crippen molar-refractivity contribution >= 4 is 11.8 Å². The number of nitrogens with zero attached hydrogens (tertiary/aromatic N) is 1. The Kier molecular flexibility index (Phi) is 3.18. The van der Waals surface area contributed by atoms with Gasteiger partial charge in [-0.05, 0) is 18.9 Å². The average Bonchev–Trinajstić information content (AvgIpc) is 2.82. The van der Waals surface area contributed by atoms with Crippen LogP contribution in [0.2, 0.25) is 0 Å². The van der Waals surface area contributed by atoms with Crippen LogP contribution < -0.4 is 10.2 Å². The molecule has 2 unspecified atom stereocenters. The Morgan fingerprint density at radius 1 is 1.39 bits per heavy atom. The van der Waals surface area contributed by atoms with Crippen molar-refractivity contribution in [2.45, 2.75) is 18.9 Å². The van der Waals surface area contributed by atoms with E-state index >= 15 is 0 Å². The molecule has 3 rings (SSSR count). The second-order valence-electron chi connectivity index (χ2n) is 4.88. The van der Waals surface area contributed by atoms with Crippen LogP contribution in [0.3, 0.4) is 0 Å². The molecule has 0 radical (unpaired) electrons. The Morgan fingerprint density at radius 3 is 3.11 bits per heavy atom. The fourth-order valence-electron chi connectivity index (χ4n) is 2.67. The summed E-state index contributed by atoms with van der Waals surface area (Å²) in [5.41, 5.74) is 4.83. The highest BCUT2D eigenvalue weighted by atomic mass is 16.6. The first-order chi connectivity index (χ1) is 8.78. The number of para-hydroxylation sites is 1. The summed E-state index contributed by atoms with van der Waals surface area (Å²) in [6.45, 7) is 1.81. The molecular weight excluding hydrogens is 228 g/mol. The third kappa shape index (κ3) is 2.20. The molecule has 1 aromatic carbocycles. The molecule has 0 bridgehead atoms. The molecule has 1 saturated heterocycles. The molecule has 1 fully saturated rings. The Morgan fingerprint density at radius 2 is 2.28 bits per heavy atom. The first-order valence-electron chi connectivity index (χ1n) is 6.50. The third-order valence-corrected chi connectivity index (χ3v) is 3.57. The Labute approximate surface area is 107 Å². The Bertz CT molecular complexity index is 455. The summed E-state index contributed by atoms with van der Waals surface area (Å²) in [6, 6.07) is 7.77. The van der Waals surface area contributed by atoms with Gasteiger partial charge in [0.2, 0.25) is 0 Å². The van der Waals surface area contributed by atoms with Gasteiger partial charge < -0.3 is 9.94 Å². The highest BCUT2D eigenvalue weighted by Crippen LogP contribution is 2.29. The standard InChI is InChI=1S/C14H18N2O2/c17-16(11-13-7-4-10-18-13)14-8-2-1-5-12(14)6-3-9-15-16/h1-3,5-6,8,13,15H,4,7,9-11H2. The van der Waals surface area contributed by atoms with E-state index in [4.69, 9.17) is 4.74 Å². The number of hydroxylamine groups is 1. The zero-order valence-electron chi connectivity index (χ0n) is 10.3. The SMILES string of the molecule is [O-][N+]1(CC2CCCO2)NCC=Cc2ccccc21. The molecule has 4 nitrogen and oxygen atoms in total. The quantitative estimate of drug-likeness (QED) is 0.642. The van der Waals surface area contributed by atoms with Crippen LogP contribution in [-0.2, 0) is 4.74 Å². The summed E-state index contributed by atoms with van der Waals surface area (Å²) in [5.74, 6) is 0. The first-order valence-corrected chi connectivity index (χ1v) is 6.50. The molecule has 0 aliphatic carbocycles. The van der Waals surface area contributed by atoms with E-state index in [9.17, 15) is 5.21 Å². The van der Waals surface area contributed by atoms with Crippen molar-refractivity contribution in [3.8, 4) is 0 Å². The average molecular weight is 246 g/mol. The lowest BCUT2D eigenvalue weighted by Crippen LogP contribution is -2.58. The van der Waals surface area contributed by atoms with E-state index < -0.39 is 4.76 Å². The van der Waals surface area contributed by atoms with Crippen LogP contribution >= 0.6 is 0 Å². The number of quaternary nitrogens is 1. The van der Waals surface area contributed by atoms with Crippen LogP contribution in [0.15, 0.2) is 30.3 Å². The maximum atomic E-state index is 13.0. The van der Waals surface area contributed by atoms with Crippen molar-refractivity contribution in [1.82, 2.24) is 10.2 Å². The molecular formula is C14H18N2O2. The molecule has 2 aliphatic heterocycles. The second kappa shape index (κ2) is 4.82. The van der Waals surface area contributed by atoms with Crippen molar-refractivity contribution in [3.63, 3.8) is 0 Å². The van der Waals surface area contributed by atoms with Crippen molar-refractivity contribution in [3.05, 3.63) is 41.1 Å². The maximum Gasteiger partial charge on any atom is 0.159 e. The van der Waals surface area contributed by atoms with Crippen LogP contribution in [0.4, 0.5) is 5.69 Å². The monoisotopic (exact) mass is 246 g/mol. The largest absolute Gasteiger partial charge is 0.606 e. The normalized spacial score (nSPS) is 31.1. The summed E-state index contributed by atoms with van der Waals surface area (Å²) < 4.78 is 5.11. The highest BCUT2D eigenvalue weighted by Gasteiger charge is 2.30. The summed E-state index contributed by atoms with van der Waals surface area (Å²) >= 11 is 0. The van der Waals surface area contributed by atoms with E-state index in [2.05, 4.69) is 5.43 Å². The number of fused-ring (bicyclic) bond motifs is 1. The molecule has 0 aromatic heterocycles. The smallest absolute Gasteiger partial charge is 0.159 e. The molecule has 0 spiro atoms. The van der Waals surface area contributed by atoms with Crippen LogP contribution in [0.1, 0.15) is 18.4 Å². The molecule has 1 aromatic rings. The van der Waals surface area contributed by atoms with Crippen molar-refractivity contribution in [2.24, 2.45) is 0 Å². The molecule has 96 valence electrons. The van der Waals surface area contributed by atoms with Crippen LogP contribution in [-0.4, -0.2) is 25.8 Å². The van der Waals surface area contributed by atoms with Gasteiger partial charge in [0.25, 0.3) is 0 Å². The Hall–Kier alpha value is -1.20. The lowest BCUT2D eigenvalue weighted by Gasteiger charge is -2.42.